The molecule has 120 valence electrons. The third kappa shape index (κ3) is 6.85. The number of benzene rings is 1. The van der Waals surface area contributed by atoms with Crippen LogP contribution in [0.2, 0.25) is 5.02 Å². The predicted molar refractivity (Wildman–Crippen MR) is 91.4 cm³/mol. The lowest BCUT2D eigenvalue weighted by atomic mass is 10.0. The van der Waals surface area contributed by atoms with Gasteiger partial charge in [-0.05, 0) is 37.1 Å². The van der Waals surface area contributed by atoms with E-state index in [1.54, 1.807) is 0 Å². The van der Waals surface area contributed by atoms with E-state index < -0.39 is 0 Å². The van der Waals surface area contributed by atoms with Crippen LogP contribution in [-0.4, -0.2) is 36.5 Å². The summed E-state index contributed by atoms with van der Waals surface area (Å²) in [5.74, 6) is -0.0710. The van der Waals surface area contributed by atoms with Crippen molar-refractivity contribution in [1.82, 2.24) is 10.2 Å². The van der Waals surface area contributed by atoms with Crippen molar-refractivity contribution in [2.75, 3.05) is 19.6 Å². The molecule has 2 rings (SSSR count). The van der Waals surface area contributed by atoms with Crippen molar-refractivity contribution < 1.29 is 4.79 Å². The minimum absolute atomic E-state index is 0. The highest BCUT2D eigenvalue weighted by molar-refractivity contribution is 6.30. The van der Waals surface area contributed by atoms with Crippen LogP contribution in [0.15, 0.2) is 24.3 Å². The van der Waals surface area contributed by atoms with Gasteiger partial charge in [-0.2, -0.15) is 0 Å². The number of piperidine rings is 1. The third-order valence-corrected chi connectivity index (χ3v) is 3.63. The van der Waals surface area contributed by atoms with Crippen LogP contribution in [0.5, 0.6) is 0 Å². The lowest BCUT2D eigenvalue weighted by Crippen LogP contribution is -2.48. The van der Waals surface area contributed by atoms with Crippen LogP contribution in [0.4, 0.5) is 0 Å². The van der Waals surface area contributed by atoms with Gasteiger partial charge in [0, 0.05) is 24.2 Å². The van der Waals surface area contributed by atoms with E-state index in [1.807, 2.05) is 24.3 Å². The topological polar surface area (TPSA) is 58.4 Å². The van der Waals surface area contributed by atoms with E-state index in [9.17, 15) is 4.79 Å². The van der Waals surface area contributed by atoms with Gasteiger partial charge in [0.1, 0.15) is 0 Å². The zero-order valence-corrected chi connectivity index (χ0v) is 14.1. The molecule has 4 nitrogen and oxygen atoms in total. The molecule has 1 aliphatic heterocycles. The molecule has 0 bridgehead atoms. The quantitative estimate of drug-likeness (QED) is 0.871. The molecule has 0 saturated carbocycles. The van der Waals surface area contributed by atoms with Crippen molar-refractivity contribution in [2.45, 2.75) is 25.4 Å². The molecule has 1 aromatic rings. The van der Waals surface area contributed by atoms with Crippen LogP contribution in [0.1, 0.15) is 18.4 Å². The first kappa shape index (κ1) is 20.5. The van der Waals surface area contributed by atoms with Crippen LogP contribution >= 0.6 is 36.4 Å². The van der Waals surface area contributed by atoms with E-state index in [4.69, 9.17) is 17.3 Å². The Kier molecular flexibility index (Phi) is 9.99. The summed E-state index contributed by atoms with van der Waals surface area (Å²) in [5, 5.41) is 3.73. The Labute approximate surface area is 143 Å². The summed E-state index contributed by atoms with van der Waals surface area (Å²) < 4.78 is 0. The van der Waals surface area contributed by atoms with Gasteiger partial charge >= 0.3 is 0 Å². The maximum atomic E-state index is 11.3. The second-order valence-corrected chi connectivity index (χ2v) is 5.41. The summed E-state index contributed by atoms with van der Waals surface area (Å²) in [5.41, 5.74) is 6.57. The molecule has 1 aliphatic rings. The fourth-order valence-electron chi connectivity index (χ4n) is 2.45. The minimum Gasteiger partial charge on any atom is -0.351 e. The van der Waals surface area contributed by atoms with Gasteiger partial charge in [-0.25, -0.2) is 0 Å². The Bertz CT molecular complexity index is 428. The summed E-state index contributed by atoms with van der Waals surface area (Å²) in [4.78, 5) is 13.7. The molecule has 0 radical (unpaired) electrons. The van der Waals surface area contributed by atoms with Crippen LogP contribution in [0.3, 0.4) is 0 Å². The van der Waals surface area contributed by atoms with Crippen molar-refractivity contribution in [2.24, 2.45) is 5.73 Å². The van der Waals surface area contributed by atoms with Crippen molar-refractivity contribution in [3.63, 3.8) is 0 Å². The average Bonchev–Trinajstić information content (AvgIpc) is 2.42. The van der Waals surface area contributed by atoms with Gasteiger partial charge in [-0.15, -0.1) is 24.8 Å². The molecule has 3 N–H and O–H groups in total. The molecular formula is C14H22Cl3N3O. The number of carbonyl (C=O) groups is 1. The molecular weight excluding hydrogens is 333 g/mol. The fourth-order valence-corrected chi connectivity index (χ4v) is 2.58. The average molecular weight is 355 g/mol. The first-order valence-corrected chi connectivity index (χ1v) is 7.01. The van der Waals surface area contributed by atoms with Gasteiger partial charge in [-0.1, -0.05) is 23.7 Å². The zero-order valence-electron chi connectivity index (χ0n) is 11.8. The van der Waals surface area contributed by atoms with Crippen molar-refractivity contribution in [3.05, 3.63) is 34.9 Å². The second kappa shape index (κ2) is 10.2. The smallest absolute Gasteiger partial charge is 0.233 e. The highest BCUT2D eigenvalue weighted by Gasteiger charge is 2.20. The van der Waals surface area contributed by atoms with Gasteiger partial charge < -0.3 is 11.1 Å². The molecule has 0 aliphatic carbocycles. The standard InChI is InChI=1S/C14H20ClN3O.2ClH/c15-12-5-3-11(4-6-12)9-18-7-1-2-13(10-18)17-14(19)8-16;;/h3-6,13H,1-2,7-10,16H2,(H,17,19);2*1H. The lowest BCUT2D eigenvalue weighted by Gasteiger charge is -2.33. The Morgan fingerprint density at radius 2 is 2.00 bits per heavy atom. The number of carbonyl (C=O) groups excluding carboxylic acids is 1. The van der Waals surface area contributed by atoms with E-state index in [1.165, 1.54) is 5.56 Å². The SMILES string of the molecule is Cl.Cl.NCC(=O)NC1CCCN(Cc2ccc(Cl)cc2)C1. The maximum Gasteiger partial charge on any atom is 0.233 e. The number of halogens is 3. The minimum atomic E-state index is -0.0710. The third-order valence-electron chi connectivity index (χ3n) is 3.38. The Morgan fingerprint density at radius 3 is 2.62 bits per heavy atom. The molecule has 1 aromatic carbocycles. The Hall–Kier alpha value is -0.520. The molecule has 1 saturated heterocycles. The summed E-state index contributed by atoms with van der Waals surface area (Å²) in [6.07, 6.45) is 2.13. The zero-order chi connectivity index (χ0) is 13.7. The van der Waals surface area contributed by atoms with Gasteiger partial charge in [0.25, 0.3) is 0 Å². The fraction of sp³-hybridized carbons (Fsp3) is 0.500. The molecule has 1 fully saturated rings. The normalized spacial score (nSPS) is 18.3. The van der Waals surface area contributed by atoms with E-state index in [0.29, 0.717) is 0 Å². The largest absolute Gasteiger partial charge is 0.351 e. The Morgan fingerprint density at radius 1 is 1.33 bits per heavy atom. The van der Waals surface area contributed by atoms with Gasteiger partial charge in [0.15, 0.2) is 0 Å². The van der Waals surface area contributed by atoms with Gasteiger partial charge in [-0.3, -0.25) is 9.69 Å². The number of hydrogen-bond donors (Lipinski definition) is 2. The first-order chi connectivity index (χ1) is 9.17. The van der Waals surface area contributed by atoms with E-state index in [2.05, 4.69) is 10.2 Å². The molecule has 1 atom stereocenters. The number of nitrogens with zero attached hydrogens (tertiary/aromatic N) is 1. The van der Waals surface area contributed by atoms with Gasteiger partial charge in [0.2, 0.25) is 5.91 Å². The van der Waals surface area contributed by atoms with Crippen LogP contribution in [0, 0.1) is 0 Å². The van der Waals surface area contributed by atoms with Gasteiger partial charge in [0.05, 0.1) is 6.54 Å². The number of likely N-dealkylation sites (tertiary alicyclic amines) is 1. The number of nitrogens with two attached hydrogens (primary N) is 1. The summed E-state index contributed by atoms with van der Waals surface area (Å²) in [6.45, 7) is 2.91. The molecule has 7 heteroatoms. The maximum absolute atomic E-state index is 11.3. The van der Waals surface area contributed by atoms with E-state index in [-0.39, 0.29) is 43.3 Å². The highest BCUT2D eigenvalue weighted by atomic mass is 35.5. The highest BCUT2D eigenvalue weighted by Crippen LogP contribution is 2.15. The number of rotatable bonds is 4. The molecule has 0 aromatic heterocycles. The molecule has 0 spiro atoms. The predicted octanol–water partition coefficient (Wildman–Crippen LogP) is 2.22. The van der Waals surface area contributed by atoms with Crippen molar-refractivity contribution in [3.8, 4) is 0 Å². The van der Waals surface area contributed by atoms with E-state index >= 15 is 0 Å². The van der Waals surface area contributed by atoms with Crippen molar-refractivity contribution in [1.29, 1.82) is 0 Å². The number of hydrogen-bond acceptors (Lipinski definition) is 3. The van der Waals surface area contributed by atoms with E-state index in [0.717, 1.165) is 37.5 Å². The molecule has 1 unspecified atom stereocenters. The molecule has 21 heavy (non-hydrogen) atoms. The summed E-state index contributed by atoms with van der Waals surface area (Å²) in [6, 6.07) is 8.13. The van der Waals surface area contributed by atoms with Crippen LogP contribution in [0.25, 0.3) is 0 Å². The second-order valence-electron chi connectivity index (χ2n) is 4.97. The monoisotopic (exact) mass is 353 g/mol. The Balaban J connectivity index is 0.00000200. The number of amides is 1. The lowest BCUT2D eigenvalue weighted by molar-refractivity contribution is -0.120. The molecule has 1 amide bonds. The number of nitrogens with one attached hydrogen (secondary N) is 1. The molecule has 1 heterocycles. The summed E-state index contributed by atoms with van der Waals surface area (Å²) >= 11 is 5.88. The van der Waals surface area contributed by atoms with Crippen LogP contribution < -0.4 is 11.1 Å². The van der Waals surface area contributed by atoms with Crippen LogP contribution in [-0.2, 0) is 11.3 Å². The summed E-state index contributed by atoms with van der Waals surface area (Å²) in [7, 11) is 0. The van der Waals surface area contributed by atoms with Crippen molar-refractivity contribution >= 4 is 42.3 Å². The first-order valence-electron chi connectivity index (χ1n) is 6.63.